The van der Waals surface area contributed by atoms with Gasteiger partial charge < -0.3 is 19.7 Å². The van der Waals surface area contributed by atoms with Gasteiger partial charge in [0.15, 0.2) is 5.96 Å². The summed E-state index contributed by atoms with van der Waals surface area (Å²) >= 11 is 0. The van der Waals surface area contributed by atoms with E-state index in [9.17, 15) is 0 Å². The summed E-state index contributed by atoms with van der Waals surface area (Å²) in [5.74, 6) is 1.52. The molecule has 0 spiro atoms. The van der Waals surface area contributed by atoms with Crippen molar-refractivity contribution in [3.8, 4) is 0 Å². The zero-order chi connectivity index (χ0) is 15.8. The molecule has 130 valence electrons. The number of methoxy groups -OCH3 is 1. The molecule has 1 unspecified atom stereocenters. The number of nitrogens with zero attached hydrogens (tertiary/aromatic N) is 2. The van der Waals surface area contributed by atoms with Crippen LogP contribution < -0.4 is 5.32 Å². The lowest BCUT2D eigenvalue weighted by Crippen LogP contribution is -2.41. The quantitative estimate of drug-likeness (QED) is 0.426. The average Bonchev–Trinajstić information content (AvgIpc) is 3.02. The van der Waals surface area contributed by atoms with Crippen molar-refractivity contribution in [3.05, 3.63) is 35.4 Å². The Morgan fingerprint density at radius 1 is 1.39 bits per heavy atom. The Hall–Kier alpha value is -0.860. The van der Waals surface area contributed by atoms with Crippen LogP contribution >= 0.6 is 24.0 Å². The molecule has 0 amide bonds. The molecule has 5 nitrogen and oxygen atoms in total. The van der Waals surface area contributed by atoms with Crippen LogP contribution in [0.5, 0.6) is 0 Å². The zero-order valence-corrected chi connectivity index (χ0v) is 16.6. The minimum atomic E-state index is 0. The first-order chi connectivity index (χ1) is 10.7. The van der Waals surface area contributed by atoms with Crippen LogP contribution in [0.2, 0.25) is 0 Å². The number of hydrogen-bond acceptors (Lipinski definition) is 3. The van der Waals surface area contributed by atoms with Gasteiger partial charge in [-0.3, -0.25) is 4.99 Å². The van der Waals surface area contributed by atoms with Gasteiger partial charge in [-0.2, -0.15) is 0 Å². The van der Waals surface area contributed by atoms with Gasteiger partial charge in [0, 0.05) is 46.8 Å². The first-order valence-corrected chi connectivity index (χ1v) is 7.79. The van der Waals surface area contributed by atoms with Gasteiger partial charge in [0.1, 0.15) is 0 Å². The summed E-state index contributed by atoms with van der Waals surface area (Å²) in [5, 5.41) is 3.44. The predicted molar refractivity (Wildman–Crippen MR) is 104 cm³/mol. The fourth-order valence-electron chi connectivity index (χ4n) is 2.79. The van der Waals surface area contributed by atoms with E-state index in [1.165, 1.54) is 11.1 Å². The largest absolute Gasteiger partial charge is 0.381 e. The van der Waals surface area contributed by atoms with Gasteiger partial charge >= 0.3 is 0 Å². The third-order valence-electron chi connectivity index (χ3n) is 3.98. The van der Waals surface area contributed by atoms with E-state index in [1.54, 1.807) is 7.11 Å². The lowest BCUT2D eigenvalue weighted by Gasteiger charge is -2.24. The minimum Gasteiger partial charge on any atom is -0.381 e. The standard InChI is InChI=1S/C17H27N3O2.HI/c1-18-17(20(2)11-14-8-9-22-12-14)19-10-15-6-4-5-7-16(15)13-21-3;/h4-7,14H,8-13H2,1-3H3,(H,18,19);1H. The van der Waals surface area contributed by atoms with Gasteiger partial charge in [0.25, 0.3) is 0 Å². The minimum absolute atomic E-state index is 0. The first-order valence-electron chi connectivity index (χ1n) is 7.79. The van der Waals surface area contributed by atoms with E-state index in [0.29, 0.717) is 12.5 Å². The summed E-state index contributed by atoms with van der Waals surface area (Å²) in [6.45, 7) is 4.09. The smallest absolute Gasteiger partial charge is 0.193 e. The summed E-state index contributed by atoms with van der Waals surface area (Å²) in [6.07, 6.45) is 1.14. The summed E-state index contributed by atoms with van der Waals surface area (Å²) in [7, 11) is 5.63. The number of guanidine groups is 1. The maximum absolute atomic E-state index is 5.44. The molecule has 0 radical (unpaired) electrons. The second-order valence-corrected chi connectivity index (χ2v) is 5.71. The number of halogens is 1. The molecule has 1 fully saturated rings. The highest BCUT2D eigenvalue weighted by molar-refractivity contribution is 14.0. The Morgan fingerprint density at radius 3 is 2.74 bits per heavy atom. The molecular weight excluding hydrogens is 405 g/mol. The number of hydrogen-bond donors (Lipinski definition) is 1. The topological polar surface area (TPSA) is 46.1 Å². The van der Waals surface area contributed by atoms with Crippen LogP contribution in [0, 0.1) is 5.92 Å². The molecule has 0 saturated carbocycles. The molecule has 1 N–H and O–H groups in total. The van der Waals surface area contributed by atoms with Gasteiger partial charge in [0.2, 0.25) is 0 Å². The van der Waals surface area contributed by atoms with Gasteiger partial charge in [-0.25, -0.2) is 0 Å². The van der Waals surface area contributed by atoms with Crippen LogP contribution in [-0.2, 0) is 22.6 Å². The summed E-state index contributed by atoms with van der Waals surface area (Å²) in [6, 6.07) is 8.32. The molecule has 0 aromatic heterocycles. The van der Waals surface area contributed by atoms with E-state index < -0.39 is 0 Å². The molecule has 1 aliphatic heterocycles. The second-order valence-electron chi connectivity index (χ2n) is 5.71. The number of rotatable bonds is 6. The van der Waals surface area contributed by atoms with Crippen LogP contribution in [0.3, 0.4) is 0 Å². The van der Waals surface area contributed by atoms with E-state index in [0.717, 1.165) is 38.7 Å². The fourth-order valence-corrected chi connectivity index (χ4v) is 2.79. The third-order valence-corrected chi connectivity index (χ3v) is 3.98. The highest BCUT2D eigenvalue weighted by Gasteiger charge is 2.19. The first kappa shape index (κ1) is 20.2. The molecule has 0 bridgehead atoms. The van der Waals surface area contributed by atoms with Crippen LogP contribution in [0.4, 0.5) is 0 Å². The lowest BCUT2D eigenvalue weighted by atomic mass is 10.1. The Labute approximate surface area is 156 Å². The maximum atomic E-state index is 5.44. The van der Waals surface area contributed by atoms with Crippen molar-refractivity contribution in [1.29, 1.82) is 0 Å². The molecule has 1 aliphatic rings. The molecule has 23 heavy (non-hydrogen) atoms. The van der Waals surface area contributed by atoms with Crippen LogP contribution in [0.1, 0.15) is 17.5 Å². The van der Waals surface area contributed by atoms with E-state index in [4.69, 9.17) is 9.47 Å². The number of benzene rings is 1. The van der Waals surface area contributed by atoms with E-state index in [1.807, 2.05) is 13.1 Å². The molecule has 1 saturated heterocycles. The van der Waals surface area contributed by atoms with Crippen molar-refractivity contribution < 1.29 is 9.47 Å². The van der Waals surface area contributed by atoms with Crippen LogP contribution in [0.15, 0.2) is 29.3 Å². The Kier molecular flexibility index (Phi) is 9.50. The van der Waals surface area contributed by atoms with Crippen LogP contribution in [-0.4, -0.2) is 51.8 Å². The van der Waals surface area contributed by atoms with E-state index in [2.05, 4.69) is 40.5 Å². The van der Waals surface area contributed by atoms with Crippen molar-refractivity contribution in [1.82, 2.24) is 10.2 Å². The highest BCUT2D eigenvalue weighted by Crippen LogP contribution is 2.13. The molecule has 0 aliphatic carbocycles. The maximum Gasteiger partial charge on any atom is 0.193 e. The SMILES string of the molecule is CN=C(NCc1ccccc1COC)N(C)CC1CCOC1.I. The Balaban J connectivity index is 0.00000264. The summed E-state index contributed by atoms with van der Waals surface area (Å²) in [4.78, 5) is 6.56. The predicted octanol–water partition coefficient (Wildman–Crippen LogP) is 2.49. The van der Waals surface area contributed by atoms with Crippen molar-refractivity contribution in [3.63, 3.8) is 0 Å². The Morgan fingerprint density at radius 2 is 2.13 bits per heavy atom. The van der Waals surface area contributed by atoms with E-state index in [-0.39, 0.29) is 24.0 Å². The van der Waals surface area contributed by atoms with Gasteiger partial charge in [-0.15, -0.1) is 24.0 Å². The summed E-state index contributed by atoms with van der Waals surface area (Å²) < 4.78 is 10.7. The molecule has 1 aromatic rings. The molecule has 6 heteroatoms. The Bertz CT molecular complexity index is 490. The van der Waals surface area contributed by atoms with Gasteiger partial charge in [0.05, 0.1) is 13.2 Å². The van der Waals surface area contributed by atoms with Crippen molar-refractivity contribution in [2.75, 3.05) is 41.0 Å². The molecule has 1 heterocycles. The highest BCUT2D eigenvalue weighted by atomic mass is 127. The average molecular weight is 433 g/mol. The monoisotopic (exact) mass is 433 g/mol. The number of aliphatic imine (C=N–C) groups is 1. The van der Waals surface area contributed by atoms with Gasteiger partial charge in [-0.05, 0) is 17.5 Å². The number of nitrogens with one attached hydrogen (secondary N) is 1. The van der Waals surface area contributed by atoms with Crippen molar-refractivity contribution in [2.24, 2.45) is 10.9 Å². The second kappa shape index (κ2) is 10.8. The zero-order valence-electron chi connectivity index (χ0n) is 14.2. The van der Waals surface area contributed by atoms with E-state index >= 15 is 0 Å². The van der Waals surface area contributed by atoms with Crippen molar-refractivity contribution >= 4 is 29.9 Å². The van der Waals surface area contributed by atoms with Crippen molar-refractivity contribution in [2.45, 2.75) is 19.6 Å². The summed E-state index contributed by atoms with van der Waals surface area (Å²) in [5.41, 5.74) is 2.45. The normalized spacial score (nSPS) is 17.7. The van der Waals surface area contributed by atoms with Crippen LogP contribution in [0.25, 0.3) is 0 Å². The third kappa shape index (κ3) is 6.27. The molecule has 2 rings (SSSR count). The molecular formula is C17H28IN3O2. The number of ether oxygens (including phenoxy) is 2. The molecule has 1 aromatic carbocycles. The fraction of sp³-hybridized carbons (Fsp3) is 0.588. The lowest BCUT2D eigenvalue weighted by molar-refractivity contribution is 0.181. The molecule has 1 atom stereocenters. The van der Waals surface area contributed by atoms with Gasteiger partial charge in [-0.1, -0.05) is 24.3 Å².